The van der Waals surface area contributed by atoms with E-state index in [1.54, 1.807) is 4.90 Å². The molecule has 2 amide bonds. The lowest BCUT2D eigenvalue weighted by atomic mass is 9.97. The summed E-state index contributed by atoms with van der Waals surface area (Å²) < 4.78 is 0. The lowest BCUT2D eigenvalue weighted by Crippen LogP contribution is -2.52. The molecule has 1 rings (SSSR count). The highest BCUT2D eigenvalue weighted by molar-refractivity contribution is 6.35. The van der Waals surface area contributed by atoms with Crippen molar-refractivity contribution in [2.75, 3.05) is 13.2 Å². The molecule has 0 spiro atoms. The molecule has 2 unspecified atom stereocenters. The van der Waals surface area contributed by atoms with E-state index in [1.807, 2.05) is 13.8 Å². The third kappa shape index (κ3) is 4.82. The fourth-order valence-electron chi connectivity index (χ4n) is 2.63. The first kappa shape index (κ1) is 16.0. The molecule has 0 bridgehead atoms. The third-order valence-corrected chi connectivity index (χ3v) is 3.74. The van der Waals surface area contributed by atoms with E-state index in [-0.39, 0.29) is 18.7 Å². The molecule has 1 heterocycles. The highest BCUT2D eigenvalue weighted by atomic mass is 16.3. The van der Waals surface area contributed by atoms with E-state index in [2.05, 4.69) is 5.32 Å². The largest absolute Gasteiger partial charge is 0.396 e. The number of amides is 2. The molecule has 0 aliphatic carbocycles. The summed E-state index contributed by atoms with van der Waals surface area (Å²) in [5.41, 5.74) is 0. The van der Waals surface area contributed by atoms with Gasteiger partial charge in [-0.25, -0.2) is 0 Å². The van der Waals surface area contributed by atoms with Crippen molar-refractivity contribution in [3.05, 3.63) is 0 Å². The summed E-state index contributed by atoms with van der Waals surface area (Å²) in [4.78, 5) is 25.6. The number of piperidine rings is 1. The maximum Gasteiger partial charge on any atom is 0.312 e. The van der Waals surface area contributed by atoms with Gasteiger partial charge in [0, 0.05) is 25.2 Å². The van der Waals surface area contributed by atoms with E-state index in [0.717, 1.165) is 38.5 Å². The summed E-state index contributed by atoms with van der Waals surface area (Å²) >= 11 is 0. The molecule has 110 valence electrons. The molecule has 0 radical (unpaired) electrons. The number of aliphatic hydroxyl groups is 1. The van der Waals surface area contributed by atoms with Crippen LogP contribution >= 0.6 is 0 Å². The van der Waals surface area contributed by atoms with Gasteiger partial charge in [0.2, 0.25) is 0 Å². The van der Waals surface area contributed by atoms with Gasteiger partial charge in [0.05, 0.1) is 0 Å². The minimum Gasteiger partial charge on any atom is -0.396 e. The average Bonchev–Trinajstić information content (AvgIpc) is 2.38. The van der Waals surface area contributed by atoms with Crippen LogP contribution < -0.4 is 5.32 Å². The van der Waals surface area contributed by atoms with E-state index < -0.39 is 11.8 Å². The van der Waals surface area contributed by atoms with Crippen LogP contribution in [-0.2, 0) is 9.59 Å². The summed E-state index contributed by atoms with van der Waals surface area (Å²) in [7, 11) is 0. The average molecular weight is 270 g/mol. The zero-order valence-electron chi connectivity index (χ0n) is 12.0. The number of nitrogens with zero attached hydrogens (tertiary/aromatic N) is 1. The van der Waals surface area contributed by atoms with Crippen molar-refractivity contribution < 1.29 is 14.7 Å². The minimum absolute atomic E-state index is 0.149. The van der Waals surface area contributed by atoms with Crippen LogP contribution in [0.1, 0.15) is 52.4 Å². The van der Waals surface area contributed by atoms with Gasteiger partial charge >= 0.3 is 11.8 Å². The summed E-state index contributed by atoms with van der Waals surface area (Å²) in [5.74, 6) is -0.897. The molecule has 0 saturated carbocycles. The molecule has 5 nitrogen and oxygen atoms in total. The Labute approximate surface area is 115 Å². The molecule has 5 heteroatoms. The SMILES string of the molecule is CC1CCCC(C)N1C(=O)C(=O)NCCCCCO. The number of carbonyl (C=O) groups excluding carboxylic acids is 2. The van der Waals surface area contributed by atoms with Gasteiger partial charge in [-0.15, -0.1) is 0 Å². The van der Waals surface area contributed by atoms with Crippen molar-refractivity contribution in [1.29, 1.82) is 0 Å². The number of hydrogen-bond donors (Lipinski definition) is 2. The van der Waals surface area contributed by atoms with Crippen LogP contribution in [0.3, 0.4) is 0 Å². The Bertz CT molecular complexity index is 297. The van der Waals surface area contributed by atoms with Crippen LogP contribution in [0.15, 0.2) is 0 Å². The second kappa shape index (κ2) is 8.15. The Kier molecular flexibility index (Phi) is 6.84. The summed E-state index contributed by atoms with van der Waals surface area (Å²) in [6.45, 7) is 4.68. The second-order valence-corrected chi connectivity index (χ2v) is 5.38. The van der Waals surface area contributed by atoms with Crippen molar-refractivity contribution in [3.63, 3.8) is 0 Å². The molecular formula is C14H26N2O3. The molecule has 2 atom stereocenters. The van der Waals surface area contributed by atoms with Crippen LogP contribution in [0, 0.1) is 0 Å². The number of nitrogens with one attached hydrogen (secondary N) is 1. The standard InChI is InChI=1S/C14H26N2O3/c1-11-7-6-8-12(2)16(11)14(19)13(18)15-9-4-3-5-10-17/h11-12,17H,3-10H2,1-2H3,(H,15,18). The van der Waals surface area contributed by atoms with Gasteiger partial charge in [-0.3, -0.25) is 9.59 Å². The number of unbranched alkanes of at least 4 members (excludes halogenated alkanes) is 2. The number of likely N-dealkylation sites (tertiary alicyclic amines) is 1. The molecule has 1 fully saturated rings. The Hall–Kier alpha value is -1.10. The highest BCUT2D eigenvalue weighted by Crippen LogP contribution is 2.22. The molecule has 2 N–H and O–H groups in total. The van der Waals surface area contributed by atoms with E-state index in [1.165, 1.54) is 0 Å². The van der Waals surface area contributed by atoms with E-state index in [0.29, 0.717) is 6.54 Å². The fourth-order valence-corrected chi connectivity index (χ4v) is 2.63. The summed E-state index contributed by atoms with van der Waals surface area (Å²) in [6.07, 6.45) is 5.46. The molecule has 1 saturated heterocycles. The lowest BCUT2D eigenvalue weighted by molar-refractivity contribution is -0.150. The van der Waals surface area contributed by atoms with Crippen molar-refractivity contribution in [2.24, 2.45) is 0 Å². The third-order valence-electron chi connectivity index (χ3n) is 3.74. The van der Waals surface area contributed by atoms with E-state index >= 15 is 0 Å². The molecule has 0 aromatic heterocycles. The maximum absolute atomic E-state index is 12.1. The molecule has 19 heavy (non-hydrogen) atoms. The van der Waals surface area contributed by atoms with Gasteiger partial charge in [-0.1, -0.05) is 0 Å². The Morgan fingerprint density at radius 3 is 2.37 bits per heavy atom. The van der Waals surface area contributed by atoms with Crippen LogP contribution in [-0.4, -0.2) is 47.1 Å². The number of aliphatic hydroxyl groups excluding tert-OH is 1. The number of hydrogen-bond acceptors (Lipinski definition) is 3. The first-order valence-electron chi connectivity index (χ1n) is 7.29. The van der Waals surface area contributed by atoms with Gasteiger partial charge in [-0.05, 0) is 52.4 Å². The molecule has 1 aliphatic heterocycles. The number of carbonyl (C=O) groups is 2. The topological polar surface area (TPSA) is 69.6 Å². The molecule has 1 aliphatic rings. The molecule has 0 aromatic carbocycles. The molecule has 0 aromatic rings. The minimum atomic E-state index is -0.496. The summed E-state index contributed by atoms with van der Waals surface area (Å²) in [5, 5.41) is 11.3. The lowest BCUT2D eigenvalue weighted by Gasteiger charge is -2.38. The van der Waals surface area contributed by atoms with Crippen molar-refractivity contribution in [2.45, 2.75) is 64.5 Å². The Morgan fingerprint density at radius 2 is 1.79 bits per heavy atom. The highest BCUT2D eigenvalue weighted by Gasteiger charge is 2.32. The maximum atomic E-state index is 12.1. The van der Waals surface area contributed by atoms with Crippen molar-refractivity contribution in [3.8, 4) is 0 Å². The van der Waals surface area contributed by atoms with Crippen molar-refractivity contribution >= 4 is 11.8 Å². The van der Waals surface area contributed by atoms with Crippen LogP contribution in [0.2, 0.25) is 0 Å². The van der Waals surface area contributed by atoms with Crippen molar-refractivity contribution in [1.82, 2.24) is 10.2 Å². The Balaban J connectivity index is 2.36. The number of rotatable bonds is 5. The normalized spacial score (nSPS) is 23.2. The first-order valence-corrected chi connectivity index (χ1v) is 7.29. The van der Waals surface area contributed by atoms with E-state index in [4.69, 9.17) is 5.11 Å². The monoisotopic (exact) mass is 270 g/mol. The Morgan fingerprint density at radius 1 is 1.16 bits per heavy atom. The quantitative estimate of drug-likeness (QED) is 0.579. The van der Waals surface area contributed by atoms with Gasteiger partial charge in [0.15, 0.2) is 0 Å². The van der Waals surface area contributed by atoms with Gasteiger partial charge in [-0.2, -0.15) is 0 Å². The van der Waals surface area contributed by atoms with Crippen LogP contribution in [0.4, 0.5) is 0 Å². The zero-order valence-corrected chi connectivity index (χ0v) is 12.0. The van der Waals surface area contributed by atoms with Crippen LogP contribution in [0.5, 0.6) is 0 Å². The van der Waals surface area contributed by atoms with Gasteiger partial charge in [0.1, 0.15) is 0 Å². The summed E-state index contributed by atoms with van der Waals surface area (Å²) in [6, 6.07) is 0.299. The second-order valence-electron chi connectivity index (χ2n) is 5.38. The van der Waals surface area contributed by atoms with Crippen LogP contribution in [0.25, 0.3) is 0 Å². The van der Waals surface area contributed by atoms with Gasteiger partial charge in [0.25, 0.3) is 0 Å². The predicted molar refractivity (Wildman–Crippen MR) is 73.6 cm³/mol. The predicted octanol–water partition coefficient (Wildman–Crippen LogP) is 1.05. The van der Waals surface area contributed by atoms with E-state index in [9.17, 15) is 9.59 Å². The zero-order chi connectivity index (χ0) is 14.3. The first-order chi connectivity index (χ1) is 9.07. The fraction of sp³-hybridized carbons (Fsp3) is 0.857. The molecular weight excluding hydrogens is 244 g/mol. The smallest absolute Gasteiger partial charge is 0.312 e. The van der Waals surface area contributed by atoms with Gasteiger partial charge < -0.3 is 15.3 Å².